The predicted octanol–water partition coefficient (Wildman–Crippen LogP) is 1.85. The van der Waals surface area contributed by atoms with E-state index in [0.29, 0.717) is 6.61 Å². The van der Waals surface area contributed by atoms with Crippen LogP contribution in [0.5, 0.6) is 0 Å². The maximum Gasteiger partial charge on any atom is 0.233 e. The van der Waals surface area contributed by atoms with E-state index < -0.39 is 10.7 Å². The molecule has 0 amide bonds. The van der Waals surface area contributed by atoms with Crippen LogP contribution in [0.1, 0.15) is 32.1 Å². The minimum atomic E-state index is -0.477. The molecule has 5 nitrogen and oxygen atoms in total. The van der Waals surface area contributed by atoms with Crippen molar-refractivity contribution in [3.05, 3.63) is 22.4 Å². The zero-order valence-electron chi connectivity index (χ0n) is 8.55. The fourth-order valence-electron chi connectivity index (χ4n) is 2.19. The van der Waals surface area contributed by atoms with Crippen molar-refractivity contribution in [3.63, 3.8) is 0 Å². The van der Waals surface area contributed by atoms with Crippen LogP contribution in [-0.4, -0.2) is 23.4 Å². The van der Waals surface area contributed by atoms with E-state index in [9.17, 15) is 10.1 Å². The van der Waals surface area contributed by atoms with Gasteiger partial charge in [0.15, 0.2) is 5.79 Å². The Morgan fingerprint density at radius 2 is 2.07 bits per heavy atom. The molecule has 1 aliphatic heterocycles. The molecule has 2 fully saturated rings. The SMILES string of the molecule is O=[N+]([O-])C=C[C@H]1COC2(CCCCC2)O1. The molecule has 0 unspecified atom stereocenters. The van der Waals surface area contributed by atoms with E-state index >= 15 is 0 Å². The van der Waals surface area contributed by atoms with Crippen LogP contribution in [0, 0.1) is 10.1 Å². The Bertz CT molecular complexity index is 271. The number of nitro groups is 1. The summed E-state index contributed by atoms with van der Waals surface area (Å²) in [5.74, 6) is -0.441. The molecule has 2 aliphatic rings. The van der Waals surface area contributed by atoms with Gasteiger partial charge in [-0.2, -0.15) is 0 Å². The maximum absolute atomic E-state index is 10.1. The van der Waals surface area contributed by atoms with Gasteiger partial charge in [-0.05, 0) is 12.8 Å². The van der Waals surface area contributed by atoms with Crippen molar-refractivity contribution in [1.29, 1.82) is 0 Å². The second-order valence-electron chi connectivity index (χ2n) is 4.07. The van der Waals surface area contributed by atoms with Gasteiger partial charge in [0.05, 0.1) is 11.5 Å². The molecule has 1 saturated carbocycles. The highest BCUT2D eigenvalue weighted by molar-refractivity contribution is 4.91. The van der Waals surface area contributed by atoms with E-state index in [2.05, 4.69) is 0 Å². The highest BCUT2D eigenvalue weighted by atomic mass is 16.7. The van der Waals surface area contributed by atoms with Crippen molar-refractivity contribution >= 4 is 0 Å². The van der Waals surface area contributed by atoms with Crippen LogP contribution in [0.15, 0.2) is 12.3 Å². The molecule has 0 radical (unpaired) electrons. The van der Waals surface area contributed by atoms with Crippen molar-refractivity contribution in [1.82, 2.24) is 0 Å². The molecule has 0 aromatic heterocycles. The van der Waals surface area contributed by atoms with Gasteiger partial charge in [0.1, 0.15) is 6.10 Å². The number of nitrogens with zero attached hydrogens (tertiary/aromatic N) is 1. The van der Waals surface area contributed by atoms with Crippen LogP contribution in [0.25, 0.3) is 0 Å². The summed E-state index contributed by atoms with van der Waals surface area (Å²) in [6, 6.07) is 0. The zero-order valence-corrected chi connectivity index (χ0v) is 8.55. The summed E-state index contributed by atoms with van der Waals surface area (Å²) >= 11 is 0. The maximum atomic E-state index is 10.1. The van der Waals surface area contributed by atoms with Gasteiger partial charge in [0.25, 0.3) is 0 Å². The third-order valence-corrected chi connectivity index (χ3v) is 2.91. The van der Waals surface area contributed by atoms with Gasteiger partial charge in [-0.25, -0.2) is 0 Å². The third-order valence-electron chi connectivity index (χ3n) is 2.91. The predicted molar refractivity (Wildman–Crippen MR) is 52.8 cm³/mol. The van der Waals surface area contributed by atoms with E-state index in [1.54, 1.807) is 0 Å². The molecule has 0 N–H and O–H groups in total. The minimum Gasteiger partial charge on any atom is -0.347 e. The minimum absolute atomic E-state index is 0.256. The van der Waals surface area contributed by atoms with E-state index in [1.165, 1.54) is 12.5 Å². The fraction of sp³-hybridized carbons (Fsp3) is 0.800. The van der Waals surface area contributed by atoms with Crippen molar-refractivity contribution in [2.45, 2.75) is 44.0 Å². The molecule has 1 saturated heterocycles. The van der Waals surface area contributed by atoms with Crippen LogP contribution < -0.4 is 0 Å². The van der Waals surface area contributed by atoms with Gasteiger partial charge in [-0.15, -0.1) is 0 Å². The molecule has 0 aromatic rings. The molecule has 15 heavy (non-hydrogen) atoms. The van der Waals surface area contributed by atoms with Gasteiger partial charge in [-0.3, -0.25) is 10.1 Å². The molecule has 84 valence electrons. The third kappa shape index (κ3) is 2.54. The highest BCUT2D eigenvalue weighted by Gasteiger charge is 2.41. The first kappa shape index (κ1) is 10.6. The van der Waals surface area contributed by atoms with Crippen molar-refractivity contribution in [3.8, 4) is 0 Å². The van der Waals surface area contributed by atoms with Crippen LogP contribution in [0.2, 0.25) is 0 Å². The lowest BCUT2D eigenvalue weighted by Crippen LogP contribution is -2.33. The van der Waals surface area contributed by atoms with E-state index in [1.807, 2.05) is 0 Å². The van der Waals surface area contributed by atoms with Crippen LogP contribution in [0.4, 0.5) is 0 Å². The smallest absolute Gasteiger partial charge is 0.233 e. The molecule has 1 atom stereocenters. The number of ether oxygens (including phenoxy) is 2. The Balaban J connectivity index is 1.90. The largest absolute Gasteiger partial charge is 0.347 e. The second kappa shape index (κ2) is 4.28. The highest BCUT2D eigenvalue weighted by Crippen LogP contribution is 2.37. The standard InChI is InChI=1S/C10H15NO4/c12-11(13)7-4-9-8-14-10(15-9)5-2-1-3-6-10/h4,7,9H,1-3,5-6,8H2/t9-/m0/s1. The molecular formula is C10H15NO4. The summed E-state index contributed by atoms with van der Waals surface area (Å²) in [5, 5.41) is 10.1. The molecule has 1 spiro atoms. The lowest BCUT2D eigenvalue weighted by atomic mass is 9.94. The number of hydrogen-bond acceptors (Lipinski definition) is 4. The lowest BCUT2D eigenvalue weighted by Gasteiger charge is -2.31. The zero-order chi connectivity index (χ0) is 10.7. The number of rotatable bonds is 2. The topological polar surface area (TPSA) is 61.6 Å². The van der Waals surface area contributed by atoms with Gasteiger partial charge in [0.2, 0.25) is 6.20 Å². The van der Waals surface area contributed by atoms with Crippen molar-refractivity contribution in [2.75, 3.05) is 6.61 Å². The number of hydrogen-bond donors (Lipinski definition) is 0. The van der Waals surface area contributed by atoms with Gasteiger partial charge < -0.3 is 9.47 Å². The first-order valence-corrected chi connectivity index (χ1v) is 5.34. The van der Waals surface area contributed by atoms with Crippen molar-refractivity contribution in [2.24, 2.45) is 0 Å². The van der Waals surface area contributed by atoms with E-state index in [4.69, 9.17) is 9.47 Å². The summed E-state index contributed by atoms with van der Waals surface area (Å²) in [4.78, 5) is 9.67. The fourth-order valence-corrected chi connectivity index (χ4v) is 2.19. The molecule has 0 aromatic carbocycles. The lowest BCUT2D eigenvalue weighted by molar-refractivity contribution is -0.403. The van der Waals surface area contributed by atoms with E-state index in [0.717, 1.165) is 31.9 Å². The molecular weight excluding hydrogens is 198 g/mol. The molecule has 2 rings (SSSR count). The van der Waals surface area contributed by atoms with E-state index in [-0.39, 0.29) is 6.10 Å². The average molecular weight is 213 g/mol. The Morgan fingerprint density at radius 1 is 1.33 bits per heavy atom. The summed E-state index contributed by atoms with van der Waals surface area (Å²) in [5.41, 5.74) is 0. The first-order chi connectivity index (χ1) is 7.20. The average Bonchev–Trinajstić information content (AvgIpc) is 2.60. The second-order valence-corrected chi connectivity index (χ2v) is 4.07. The van der Waals surface area contributed by atoms with Gasteiger partial charge in [0, 0.05) is 18.9 Å². The van der Waals surface area contributed by atoms with Gasteiger partial charge in [-0.1, -0.05) is 6.42 Å². The van der Waals surface area contributed by atoms with Crippen LogP contribution in [-0.2, 0) is 9.47 Å². The van der Waals surface area contributed by atoms with Crippen LogP contribution in [0.3, 0.4) is 0 Å². The summed E-state index contributed by atoms with van der Waals surface area (Å²) in [7, 11) is 0. The summed E-state index contributed by atoms with van der Waals surface area (Å²) in [6.07, 6.45) is 7.42. The molecule has 1 heterocycles. The van der Waals surface area contributed by atoms with Crippen molar-refractivity contribution < 1.29 is 14.4 Å². The van der Waals surface area contributed by atoms with Crippen LogP contribution >= 0.6 is 0 Å². The van der Waals surface area contributed by atoms with Gasteiger partial charge >= 0.3 is 0 Å². The normalized spacial score (nSPS) is 30.0. The quantitative estimate of drug-likeness (QED) is 0.518. The molecule has 5 heteroatoms. The summed E-state index contributed by atoms with van der Waals surface area (Å²) < 4.78 is 11.4. The Morgan fingerprint density at radius 3 is 2.73 bits per heavy atom. The Labute approximate surface area is 88.2 Å². The molecule has 0 bridgehead atoms. The summed E-state index contributed by atoms with van der Waals surface area (Å²) in [6.45, 7) is 0.435. The first-order valence-electron chi connectivity index (χ1n) is 5.34. The Kier molecular flexibility index (Phi) is 3.02. The monoisotopic (exact) mass is 213 g/mol. The molecule has 1 aliphatic carbocycles. The Hall–Kier alpha value is -0.940.